The van der Waals surface area contributed by atoms with Gasteiger partial charge in [0.05, 0.1) is 12.1 Å². The fourth-order valence-electron chi connectivity index (χ4n) is 1.60. The number of hydrogen-bond donors (Lipinski definition) is 1. The lowest BCUT2D eigenvalue weighted by Crippen LogP contribution is -2.05. The Kier molecular flexibility index (Phi) is 3.69. The van der Waals surface area contributed by atoms with Gasteiger partial charge >= 0.3 is 5.97 Å². The third kappa shape index (κ3) is 2.72. The average Bonchev–Trinajstić information content (AvgIpc) is 2.78. The molecule has 0 radical (unpaired) electrons. The number of ether oxygens (including phenoxy) is 1. The van der Waals surface area contributed by atoms with Crippen LogP contribution in [0, 0.1) is 0 Å². The lowest BCUT2D eigenvalue weighted by atomic mass is 10.1. The fraction of sp³-hybridized carbons (Fsp3) is 0.250. The molecular formula is C12H13N3O3. The Bertz CT molecular complexity index is 534. The van der Waals surface area contributed by atoms with Crippen LogP contribution in [0.4, 0.5) is 0 Å². The molecule has 0 unspecified atom stereocenters. The highest BCUT2D eigenvalue weighted by atomic mass is 16.5. The number of rotatable bonds is 5. The number of hydrogen-bond acceptors (Lipinski definition) is 4. The Morgan fingerprint density at radius 2 is 2.11 bits per heavy atom. The fourth-order valence-corrected chi connectivity index (χ4v) is 1.60. The molecule has 0 atom stereocenters. The van der Waals surface area contributed by atoms with E-state index >= 15 is 0 Å². The molecule has 94 valence electrons. The van der Waals surface area contributed by atoms with E-state index in [9.17, 15) is 4.79 Å². The summed E-state index contributed by atoms with van der Waals surface area (Å²) in [6, 6.07) is 6.72. The van der Waals surface area contributed by atoms with Gasteiger partial charge in [0.15, 0.2) is 5.82 Å². The predicted molar refractivity (Wildman–Crippen MR) is 63.2 cm³/mol. The quantitative estimate of drug-likeness (QED) is 0.858. The molecular weight excluding hydrogens is 234 g/mol. The van der Waals surface area contributed by atoms with Crippen LogP contribution >= 0.6 is 0 Å². The van der Waals surface area contributed by atoms with Crippen LogP contribution < -0.4 is 0 Å². The molecule has 0 amide bonds. The maximum atomic E-state index is 10.7. The van der Waals surface area contributed by atoms with Gasteiger partial charge in [0.25, 0.3) is 0 Å². The van der Waals surface area contributed by atoms with Crippen molar-refractivity contribution in [1.29, 1.82) is 0 Å². The Labute approximate surface area is 104 Å². The molecule has 0 spiro atoms. The Morgan fingerprint density at radius 1 is 1.39 bits per heavy atom. The Morgan fingerprint density at radius 3 is 2.72 bits per heavy atom. The molecule has 1 heterocycles. The second kappa shape index (κ2) is 5.42. The second-order valence-corrected chi connectivity index (χ2v) is 3.81. The van der Waals surface area contributed by atoms with Crippen molar-refractivity contribution < 1.29 is 14.6 Å². The van der Waals surface area contributed by atoms with Crippen molar-refractivity contribution in [3.8, 4) is 0 Å². The number of benzene rings is 1. The Balaban J connectivity index is 2.13. The summed E-state index contributed by atoms with van der Waals surface area (Å²) in [7, 11) is 1.60. The molecule has 1 aromatic carbocycles. The maximum Gasteiger partial charge on any atom is 0.335 e. The van der Waals surface area contributed by atoms with Crippen molar-refractivity contribution in [3.63, 3.8) is 0 Å². The summed E-state index contributed by atoms with van der Waals surface area (Å²) in [5, 5.41) is 16.6. The van der Waals surface area contributed by atoms with Crippen LogP contribution in [0.15, 0.2) is 30.6 Å². The summed E-state index contributed by atoms with van der Waals surface area (Å²) in [5.74, 6) is -0.189. The van der Waals surface area contributed by atoms with Crippen LogP contribution in [0.1, 0.15) is 21.7 Å². The summed E-state index contributed by atoms with van der Waals surface area (Å²) in [5.41, 5.74) is 1.26. The molecule has 0 saturated heterocycles. The second-order valence-electron chi connectivity index (χ2n) is 3.81. The van der Waals surface area contributed by atoms with E-state index in [2.05, 4.69) is 10.2 Å². The predicted octanol–water partition coefficient (Wildman–Crippen LogP) is 1.17. The third-order valence-corrected chi connectivity index (χ3v) is 2.52. The van der Waals surface area contributed by atoms with Crippen molar-refractivity contribution >= 4 is 5.97 Å². The SMILES string of the molecule is COCc1nncn1Cc1ccc(C(=O)O)cc1. The third-order valence-electron chi connectivity index (χ3n) is 2.52. The minimum Gasteiger partial charge on any atom is -0.478 e. The van der Waals surface area contributed by atoms with E-state index in [1.165, 1.54) is 0 Å². The van der Waals surface area contributed by atoms with Gasteiger partial charge in [-0.25, -0.2) is 4.79 Å². The van der Waals surface area contributed by atoms with Crippen LogP contribution in [-0.2, 0) is 17.9 Å². The molecule has 2 aromatic rings. The van der Waals surface area contributed by atoms with E-state index in [0.717, 1.165) is 11.4 Å². The topological polar surface area (TPSA) is 77.2 Å². The Hall–Kier alpha value is -2.21. The number of aromatic carboxylic acids is 1. The van der Waals surface area contributed by atoms with Crippen molar-refractivity contribution in [1.82, 2.24) is 14.8 Å². The number of aromatic nitrogens is 3. The van der Waals surface area contributed by atoms with Gasteiger partial charge in [-0.05, 0) is 17.7 Å². The lowest BCUT2D eigenvalue weighted by Gasteiger charge is -2.06. The van der Waals surface area contributed by atoms with Gasteiger partial charge in [-0.1, -0.05) is 12.1 Å². The summed E-state index contributed by atoms with van der Waals surface area (Å²) < 4.78 is 6.87. The molecule has 0 fully saturated rings. The van der Waals surface area contributed by atoms with E-state index in [4.69, 9.17) is 9.84 Å². The first-order chi connectivity index (χ1) is 8.70. The van der Waals surface area contributed by atoms with Gasteiger partial charge in [-0.15, -0.1) is 10.2 Å². The molecule has 1 N–H and O–H groups in total. The summed E-state index contributed by atoms with van der Waals surface area (Å²) >= 11 is 0. The standard InChI is InChI=1S/C12H13N3O3/c1-18-7-11-14-13-8-15(11)6-9-2-4-10(5-3-9)12(16)17/h2-5,8H,6-7H2,1H3,(H,16,17). The number of carboxylic acids is 1. The molecule has 0 aliphatic carbocycles. The van der Waals surface area contributed by atoms with Gasteiger partial charge in [-0.2, -0.15) is 0 Å². The zero-order valence-electron chi connectivity index (χ0n) is 9.91. The minimum atomic E-state index is -0.925. The number of carbonyl (C=O) groups is 1. The summed E-state index contributed by atoms with van der Waals surface area (Å²) in [4.78, 5) is 10.7. The smallest absolute Gasteiger partial charge is 0.335 e. The van der Waals surface area contributed by atoms with E-state index in [0.29, 0.717) is 13.2 Å². The number of nitrogens with zero attached hydrogens (tertiary/aromatic N) is 3. The van der Waals surface area contributed by atoms with Crippen molar-refractivity contribution in [2.24, 2.45) is 0 Å². The highest BCUT2D eigenvalue weighted by Gasteiger charge is 2.06. The normalized spacial score (nSPS) is 10.5. The molecule has 0 aliphatic rings. The van der Waals surface area contributed by atoms with Crippen molar-refractivity contribution in [2.75, 3.05) is 7.11 Å². The van der Waals surface area contributed by atoms with Crippen LogP contribution in [0.2, 0.25) is 0 Å². The monoisotopic (exact) mass is 247 g/mol. The highest BCUT2D eigenvalue weighted by molar-refractivity contribution is 5.87. The minimum absolute atomic E-state index is 0.277. The summed E-state index contributed by atoms with van der Waals surface area (Å²) in [6.45, 7) is 0.985. The van der Waals surface area contributed by atoms with E-state index in [1.807, 2.05) is 4.57 Å². The van der Waals surface area contributed by atoms with Gasteiger partial charge in [0.1, 0.15) is 12.9 Å². The molecule has 2 rings (SSSR count). The molecule has 18 heavy (non-hydrogen) atoms. The lowest BCUT2D eigenvalue weighted by molar-refractivity contribution is 0.0697. The zero-order chi connectivity index (χ0) is 13.0. The molecule has 0 bridgehead atoms. The van der Waals surface area contributed by atoms with E-state index in [1.54, 1.807) is 37.7 Å². The van der Waals surface area contributed by atoms with E-state index < -0.39 is 5.97 Å². The summed E-state index contributed by atoms with van der Waals surface area (Å²) in [6.07, 6.45) is 1.62. The highest BCUT2D eigenvalue weighted by Crippen LogP contribution is 2.08. The van der Waals surface area contributed by atoms with Gasteiger partial charge < -0.3 is 14.4 Å². The van der Waals surface area contributed by atoms with Gasteiger partial charge in [0, 0.05) is 7.11 Å². The first kappa shape index (κ1) is 12.3. The molecule has 0 saturated carbocycles. The van der Waals surface area contributed by atoms with Crippen LogP contribution in [-0.4, -0.2) is 33.0 Å². The van der Waals surface area contributed by atoms with Crippen LogP contribution in [0.3, 0.4) is 0 Å². The van der Waals surface area contributed by atoms with Crippen LogP contribution in [0.25, 0.3) is 0 Å². The molecule has 6 nitrogen and oxygen atoms in total. The van der Waals surface area contributed by atoms with Gasteiger partial charge in [-0.3, -0.25) is 0 Å². The first-order valence-corrected chi connectivity index (χ1v) is 5.38. The largest absolute Gasteiger partial charge is 0.478 e. The molecule has 0 aliphatic heterocycles. The van der Waals surface area contributed by atoms with Crippen molar-refractivity contribution in [3.05, 3.63) is 47.5 Å². The molecule has 1 aromatic heterocycles. The maximum absolute atomic E-state index is 10.7. The van der Waals surface area contributed by atoms with Gasteiger partial charge in [0.2, 0.25) is 0 Å². The number of carboxylic acid groups (broad SMARTS) is 1. The zero-order valence-corrected chi connectivity index (χ0v) is 9.91. The average molecular weight is 247 g/mol. The first-order valence-electron chi connectivity index (χ1n) is 5.38. The van der Waals surface area contributed by atoms with E-state index in [-0.39, 0.29) is 5.56 Å². The number of methoxy groups -OCH3 is 1. The van der Waals surface area contributed by atoms with Crippen molar-refractivity contribution in [2.45, 2.75) is 13.2 Å². The molecule has 6 heteroatoms. The van der Waals surface area contributed by atoms with Crippen LogP contribution in [0.5, 0.6) is 0 Å².